The second kappa shape index (κ2) is 7.64. The summed E-state index contributed by atoms with van der Waals surface area (Å²) in [5, 5.41) is 4.82. The highest BCUT2D eigenvalue weighted by molar-refractivity contribution is 6.01. The fourth-order valence-corrected chi connectivity index (χ4v) is 2.04. The molecule has 0 spiro atoms. The van der Waals surface area contributed by atoms with Gasteiger partial charge in [0.25, 0.3) is 5.91 Å². The molecule has 0 bridgehead atoms. The molecule has 2 aromatic carbocycles. The molecule has 2 aromatic rings. The highest BCUT2D eigenvalue weighted by Crippen LogP contribution is 2.26. The van der Waals surface area contributed by atoms with Gasteiger partial charge in [-0.3, -0.25) is 4.79 Å². The molecular weight excluding hydrogens is 355 g/mol. The summed E-state index contributed by atoms with van der Waals surface area (Å²) < 4.78 is 45.4. The van der Waals surface area contributed by atoms with Crippen LogP contribution in [0.2, 0.25) is 0 Å². The summed E-state index contributed by atoms with van der Waals surface area (Å²) in [5.41, 5.74) is 5.70. The number of benzene rings is 2. The Balaban J connectivity index is 2.07. The van der Waals surface area contributed by atoms with Crippen LogP contribution in [0.15, 0.2) is 42.5 Å². The number of nitrogens with two attached hydrogens (primary N) is 1. The Hall–Kier alpha value is -3.43. The average molecular weight is 369 g/mol. The number of alkyl halides is 3. The van der Waals surface area contributed by atoms with Crippen molar-refractivity contribution in [3.63, 3.8) is 0 Å². The van der Waals surface area contributed by atoms with E-state index in [1.165, 1.54) is 37.4 Å². The molecule has 7 nitrogen and oxygen atoms in total. The first-order valence-corrected chi connectivity index (χ1v) is 7.09. The summed E-state index contributed by atoms with van der Waals surface area (Å²) in [6, 6.07) is 8.25. The largest absolute Gasteiger partial charge is 0.573 e. The fourth-order valence-electron chi connectivity index (χ4n) is 2.04. The van der Waals surface area contributed by atoms with Crippen molar-refractivity contribution >= 4 is 23.3 Å². The zero-order valence-electron chi connectivity index (χ0n) is 13.4. The predicted octanol–water partition coefficient (Wildman–Crippen LogP) is 3.34. The van der Waals surface area contributed by atoms with E-state index < -0.39 is 24.1 Å². The summed E-state index contributed by atoms with van der Waals surface area (Å²) >= 11 is 0. The van der Waals surface area contributed by atoms with Crippen LogP contribution in [-0.2, 0) is 0 Å². The molecule has 3 amide bonds. The smallest absolute Gasteiger partial charge is 0.496 e. The van der Waals surface area contributed by atoms with Crippen molar-refractivity contribution in [3.8, 4) is 11.5 Å². The number of methoxy groups -OCH3 is 1. The van der Waals surface area contributed by atoms with Crippen molar-refractivity contribution in [3.05, 3.63) is 48.0 Å². The van der Waals surface area contributed by atoms with E-state index in [0.717, 1.165) is 12.1 Å². The van der Waals surface area contributed by atoms with Crippen molar-refractivity contribution in [2.45, 2.75) is 6.36 Å². The zero-order chi connectivity index (χ0) is 19.3. The van der Waals surface area contributed by atoms with Crippen LogP contribution >= 0.6 is 0 Å². The molecular formula is C16H14F3N3O4. The van der Waals surface area contributed by atoms with Gasteiger partial charge in [-0.2, -0.15) is 0 Å². The molecule has 4 N–H and O–H groups in total. The lowest BCUT2D eigenvalue weighted by molar-refractivity contribution is -0.274. The number of carbonyl (C=O) groups is 2. The van der Waals surface area contributed by atoms with Crippen LogP contribution in [0.3, 0.4) is 0 Å². The first-order chi connectivity index (χ1) is 12.2. The van der Waals surface area contributed by atoms with E-state index in [9.17, 15) is 22.8 Å². The first kappa shape index (κ1) is 18.9. The second-order valence-electron chi connectivity index (χ2n) is 4.93. The van der Waals surface area contributed by atoms with Crippen LogP contribution in [0.4, 0.5) is 29.3 Å². The number of ether oxygens (including phenoxy) is 2. The zero-order valence-corrected chi connectivity index (χ0v) is 13.4. The van der Waals surface area contributed by atoms with Crippen LogP contribution in [0.25, 0.3) is 0 Å². The lowest BCUT2D eigenvalue weighted by Crippen LogP contribution is -2.20. The van der Waals surface area contributed by atoms with Crippen LogP contribution in [0.5, 0.6) is 11.5 Å². The van der Waals surface area contributed by atoms with Gasteiger partial charge in [0.1, 0.15) is 11.5 Å². The number of primary amides is 1. The van der Waals surface area contributed by atoms with Gasteiger partial charge in [-0.15, -0.1) is 13.2 Å². The van der Waals surface area contributed by atoms with Crippen LogP contribution in [0.1, 0.15) is 10.4 Å². The molecule has 138 valence electrons. The van der Waals surface area contributed by atoms with Gasteiger partial charge in [-0.1, -0.05) is 6.07 Å². The molecule has 0 aliphatic heterocycles. The van der Waals surface area contributed by atoms with E-state index in [4.69, 9.17) is 10.5 Å². The number of amides is 3. The number of carbonyl (C=O) groups excluding carboxylic acids is 2. The molecule has 0 heterocycles. The van der Waals surface area contributed by atoms with Crippen LogP contribution in [0, 0.1) is 0 Å². The second-order valence-corrected chi connectivity index (χ2v) is 4.93. The van der Waals surface area contributed by atoms with E-state index in [1.807, 2.05) is 0 Å². The van der Waals surface area contributed by atoms with Gasteiger partial charge >= 0.3 is 12.4 Å². The minimum atomic E-state index is -4.83. The molecule has 0 radical (unpaired) electrons. The number of halogens is 3. The van der Waals surface area contributed by atoms with E-state index >= 15 is 0 Å². The van der Waals surface area contributed by atoms with Gasteiger partial charge in [0.2, 0.25) is 0 Å². The maximum absolute atomic E-state index is 12.2. The number of hydrogen-bond donors (Lipinski definition) is 3. The van der Waals surface area contributed by atoms with Crippen molar-refractivity contribution in [2.24, 2.45) is 5.73 Å². The number of urea groups is 1. The van der Waals surface area contributed by atoms with Crippen molar-refractivity contribution in [2.75, 3.05) is 17.7 Å². The summed E-state index contributed by atoms with van der Waals surface area (Å²) in [6.07, 6.45) is -4.83. The molecule has 0 aliphatic rings. The fraction of sp³-hybridized carbons (Fsp3) is 0.125. The molecule has 0 aromatic heterocycles. The standard InChI is InChI=1S/C16H14F3N3O4/c1-25-13-8-10(5-6-12(13)14(20)23)22-15(24)21-9-3-2-4-11(7-9)26-16(17,18)19/h2-8H,1H3,(H2,20,23)(H2,21,22,24). The Morgan fingerprint density at radius 1 is 1.04 bits per heavy atom. The lowest BCUT2D eigenvalue weighted by atomic mass is 10.1. The molecule has 0 aliphatic carbocycles. The minimum Gasteiger partial charge on any atom is -0.496 e. The van der Waals surface area contributed by atoms with Crippen LogP contribution < -0.4 is 25.8 Å². The molecule has 0 saturated heterocycles. The Morgan fingerprint density at radius 3 is 2.27 bits per heavy atom. The van der Waals surface area contributed by atoms with Crippen LogP contribution in [-0.4, -0.2) is 25.4 Å². The Morgan fingerprint density at radius 2 is 1.69 bits per heavy atom. The lowest BCUT2D eigenvalue weighted by Gasteiger charge is -2.12. The number of nitrogens with one attached hydrogen (secondary N) is 2. The van der Waals surface area contributed by atoms with E-state index in [-0.39, 0.29) is 22.7 Å². The highest BCUT2D eigenvalue weighted by atomic mass is 19.4. The maximum atomic E-state index is 12.2. The van der Waals surface area contributed by atoms with Gasteiger partial charge in [-0.05, 0) is 24.3 Å². The number of anilines is 2. The molecule has 0 unspecified atom stereocenters. The number of hydrogen-bond acceptors (Lipinski definition) is 4. The SMILES string of the molecule is COc1cc(NC(=O)Nc2cccc(OC(F)(F)F)c2)ccc1C(N)=O. The minimum absolute atomic E-state index is 0.0879. The van der Waals surface area contributed by atoms with E-state index in [1.54, 1.807) is 0 Å². The average Bonchev–Trinajstić information content (AvgIpc) is 2.53. The summed E-state index contributed by atoms with van der Waals surface area (Å²) in [6.45, 7) is 0. The first-order valence-electron chi connectivity index (χ1n) is 7.09. The van der Waals surface area contributed by atoms with Crippen molar-refractivity contribution in [1.29, 1.82) is 0 Å². The molecule has 0 fully saturated rings. The quantitative estimate of drug-likeness (QED) is 0.752. The van der Waals surface area contributed by atoms with Gasteiger partial charge < -0.3 is 25.8 Å². The molecule has 26 heavy (non-hydrogen) atoms. The van der Waals surface area contributed by atoms with Gasteiger partial charge in [-0.25, -0.2) is 4.79 Å². The molecule has 0 atom stereocenters. The predicted molar refractivity (Wildman–Crippen MR) is 87.3 cm³/mol. The summed E-state index contributed by atoms with van der Waals surface area (Å²) in [7, 11) is 1.33. The number of rotatable bonds is 5. The summed E-state index contributed by atoms with van der Waals surface area (Å²) in [5.74, 6) is -1.00. The third-order valence-corrected chi connectivity index (χ3v) is 3.05. The Kier molecular flexibility index (Phi) is 5.55. The van der Waals surface area contributed by atoms with E-state index in [2.05, 4.69) is 15.4 Å². The molecule has 0 saturated carbocycles. The monoisotopic (exact) mass is 369 g/mol. The van der Waals surface area contributed by atoms with Crippen molar-refractivity contribution in [1.82, 2.24) is 0 Å². The third kappa shape index (κ3) is 5.30. The Labute approximate surface area is 145 Å². The summed E-state index contributed by atoms with van der Waals surface area (Å²) in [4.78, 5) is 23.2. The molecule has 2 rings (SSSR count). The molecule has 10 heteroatoms. The topological polar surface area (TPSA) is 103 Å². The van der Waals surface area contributed by atoms with Gasteiger partial charge in [0.05, 0.1) is 12.7 Å². The Bertz CT molecular complexity index is 825. The van der Waals surface area contributed by atoms with Gasteiger partial charge in [0.15, 0.2) is 0 Å². The van der Waals surface area contributed by atoms with Crippen molar-refractivity contribution < 1.29 is 32.2 Å². The van der Waals surface area contributed by atoms with E-state index in [0.29, 0.717) is 0 Å². The van der Waals surface area contributed by atoms with Gasteiger partial charge in [0, 0.05) is 23.5 Å². The highest BCUT2D eigenvalue weighted by Gasteiger charge is 2.31. The maximum Gasteiger partial charge on any atom is 0.573 e. The normalized spacial score (nSPS) is 10.8. The third-order valence-electron chi connectivity index (χ3n) is 3.05.